The first-order valence-electron chi connectivity index (χ1n) is 5.64. The molecule has 17 heavy (non-hydrogen) atoms. The highest BCUT2D eigenvalue weighted by molar-refractivity contribution is 9.10. The van der Waals surface area contributed by atoms with E-state index in [0.717, 1.165) is 19.3 Å². The number of halogens is 2. The Morgan fingerprint density at radius 2 is 2.18 bits per heavy atom. The maximum absolute atomic E-state index is 13.8. The first-order valence-corrected chi connectivity index (χ1v) is 6.44. The topological polar surface area (TPSA) is 41.1 Å². The molecule has 90 valence electrons. The molecule has 1 aromatic carbocycles. The molecule has 0 radical (unpaired) electrons. The molecule has 1 aliphatic heterocycles. The van der Waals surface area contributed by atoms with E-state index in [4.69, 9.17) is 0 Å². The van der Waals surface area contributed by atoms with Gasteiger partial charge < -0.3 is 5.32 Å². The molecule has 2 N–H and O–H groups in total. The van der Waals surface area contributed by atoms with Crippen molar-refractivity contribution < 1.29 is 9.18 Å². The van der Waals surface area contributed by atoms with Gasteiger partial charge in [0, 0.05) is 10.0 Å². The summed E-state index contributed by atoms with van der Waals surface area (Å²) in [4.78, 5) is 11.9. The Hall–Kier alpha value is -0.940. The lowest BCUT2D eigenvalue weighted by atomic mass is 9.85. The van der Waals surface area contributed by atoms with E-state index in [-0.39, 0.29) is 17.4 Å². The summed E-state index contributed by atoms with van der Waals surface area (Å²) < 4.78 is 14.5. The Bertz CT molecular complexity index is 487. The molecule has 3 nitrogen and oxygen atoms in total. The van der Waals surface area contributed by atoms with Crippen molar-refractivity contribution in [2.24, 2.45) is 0 Å². The Labute approximate surface area is 107 Å². The van der Waals surface area contributed by atoms with Crippen LogP contribution in [0.2, 0.25) is 0 Å². The van der Waals surface area contributed by atoms with Crippen LogP contribution in [0.1, 0.15) is 30.9 Å². The quantitative estimate of drug-likeness (QED) is 0.835. The van der Waals surface area contributed by atoms with E-state index >= 15 is 0 Å². The van der Waals surface area contributed by atoms with Gasteiger partial charge in [0.15, 0.2) is 0 Å². The van der Waals surface area contributed by atoms with E-state index in [1.165, 1.54) is 6.07 Å². The molecule has 5 heteroatoms. The highest BCUT2D eigenvalue weighted by atomic mass is 79.9. The number of hydrogen-bond donors (Lipinski definition) is 2. The largest absolute Gasteiger partial charge is 0.336 e. The standard InChI is InChI=1S/C12H12BrFN2O/c13-7-2-3-8(9(14)6-7)10-11(17)16-12(15-10)4-1-5-12/h2-3,6,10,15H,1,4-5H2,(H,16,17)/t10-/m1/s1. The second kappa shape index (κ2) is 3.78. The van der Waals surface area contributed by atoms with Gasteiger partial charge in [0.05, 0.1) is 5.66 Å². The van der Waals surface area contributed by atoms with Gasteiger partial charge in [-0.15, -0.1) is 0 Å². The zero-order valence-electron chi connectivity index (χ0n) is 9.09. The zero-order chi connectivity index (χ0) is 12.0. The van der Waals surface area contributed by atoms with Crippen molar-refractivity contribution in [1.82, 2.24) is 10.6 Å². The Morgan fingerprint density at radius 1 is 1.41 bits per heavy atom. The molecule has 1 spiro atoms. The van der Waals surface area contributed by atoms with Gasteiger partial charge in [-0.3, -0.25) is 10.1 Å². The number of carbonyl (C=O) groups excluding carboxylic acids is 1. The van der Waals surface area contributed by atoms with Crippen LogP contribution in [0, 0.1) is 5.82 Å². The summed E-state index contributed by atoms with van der Waals surface area (Å²) in [6.45, 7) is 0. The van der Waals surface area contributed by atoms with Crippen LogP contribution in [0.15, 0.2) is 22.7 Å². The molecule has 1 atom stereocenters. The third kappa shape index (κ3) is 1.77. The molecule has 1 aromatic rings. The molecular weight excluding hydrogens is 287 g/mol. The van der Waals surface area contributed by atoms with Crippen molar-refractivity contribution in [2.75, 3.05) is 0 Å². The Morgan fingerprint density at radius 3 is 2.71 bits per heavy atom. The third-order valence-electron chi connectivity index (χ3n) is 3.53. The van der Waals surface area contributed by atoms with Gasteiger partial charge in [0.1, 0.15) is 11.9 Å². The maximum Gasteiger partial charge on any atom is 0.243 e. The van der Waals surface area contributed by atoms with Crippen LogP contribution < -0.4 is 10.6 Å². The normalized spacial score (nSPS) is 25.8. The van der Waals surface area contributed by atoms with E-state index in [9.17, 15) is 9.18 Å². The minimum absolute atomic E-state index is 0.133. The van der Waals surface area contributed by atoms with Crippen molar-refractivity contribution in [1.29, 1.82) is 0 Å². The van der Waals surface area contributed by atoms with Gasteiger partial charge in [-0.25, -0.2) is 4.39 Å². The predicted molar refractivity (Wildman–Crippen MR) is 64.7 cm³/mol. The van der Waals surface area contributed by atoms with E-state index in [1.54, 1.807) is 12.1 Å². The van der Waals surface area contributed by atoms with Crippen LogP contribution in [0.4, 0.5) is 4.39 Å². The second-order valence-corrected chi connectivity index (χ2v) is 5.58. The van der Waals surface area contributed by atoms with Crippen molar-refractivity contribution in [2.45, 2.75) is 31.0 Å². The zero-order valence-corrected chi connectivity index (χ0v) is 10.7. The summed E-state index contributed by atoms with van der Waals surface area (Å²) in [6, 6.07) is 4.22. The monoisotopic (exact) mass is 298 g/mol. The van der Waals surface area contributed by atoms with Crippen LogP contribution in [-0.4, -0.2) is 11.6 Å². The maximum atomic E-state index is 13.8. The van der Waals surface area contributed by atoms with E-state index in [2.05, 4.69) is 26.6 Å². The van der Waals surface area contributed by atoms with Crippen LogP contribution in [0.5, 0.6) is 0 Å². The van der Waals surface area contributed by atoms with Crippen molar-refractivity contribution >= 4 is 21.8 Å². The van der Waals surface area contributed by atoms with Gasteiger partial charge in [-0.05, 0) is 31.4 Å². The molecule has 2 aliphatic rings. The number of nitrogens with one attached hydrogen (secondary N) is 2. The summed E-state index contributed by atoms with van der Waals surface area (Å²) in [5, 5.41) is 6.14. The molecule has 2 fully saturated rings. The first-order chi connectivity index (χ1) is 8.10. The fourth-order valence-corrected chi connectivity index (χ4v) is 2.77. The number of benzene rings is 1. The summed E-state index contributed by atoms with van der Waals surface area (Å²) in [5.41, 5.74) is 0.135. The second-order valence-electron chi connectivity index (χ2n) is 4.67. The molecule has 1 saturated heterocycles. The number of rotatable bonds is 1. The van der Waals surface area contributed by atoms with E-state index in [1.807, 2.05) is 0 Å². The molecule has 3 rings (SSSR count). The fraction of sp³-hybridized carbons (Fsp3) is 0.417. The van der Waals surface area contributed by atoms with Crippen molar-refractivity contribution in [3.05, 3.63) is 34.1 Å². The van der Waals surface area contributed by atoms with Crippen molar-refractivity contribution in [3.8, 4) is 0 Å². The lowest BCUT2D eigenvalue weighted by Gasteiger charge is -2.38. The highest BCUT2D eigenvalue weighted by Crippen LogP contribution is 2.37. The first kappa shape index (κ1) is 11.2. The molecular formula is C12H12BrFN2O. The summed E-state index contributed by atoms with van der Waals surface area (Å²) in [6.07, 6.45) is 2.95. The van der Waals surface area contributed by atoms with Crippen LogP contribution in [-0.2, 0) is 4.79 Å². The van der Waals surface area contributed by atoms with E-state index < -0.39 is 6.04 Å². The lowest BCUT2D eigenvalue weighted by Crippen LogP contribution is -2.55. The number of hydrogen-bond acceptors (Lipinski definition) is 2. The van der Waals surface area contributed by atoms with Gasteiger partial charge in [0.25, 0.3) is 0 Å². The van der Waals surface area contributed by atoms with Crippen LogP contribution in [0.25, 0.3) is 0 Å². The Balaban J connectivity index is 1.91. The Kier molecular flexibility index (Phi) is 2.48. The number of amides is 1. The molecule has 0 aromatic heterocycles. The minimum Gasteiger partial charge on any atom is -0.336 e. The molecule has 1 aliphatic carbocycles. The van der Waals surface area contributed by atoms with Gasteiger partial charge in [-0.1, -0.05) is 22.0 Å². The van der Waals surface area contributed by atoms with E-state index in [0.29, 0.717) is 10.0 Å². The SMILES string of the molecule is O=C1NC2(CCC2)N[C@@H]1c1ccc(Br)cc1F. The lowest BCUT2D eigenvalue weighted by molar-refractivity contribution is -0.121. The molecule has 1 amide bonds. The average molecular weight is 299 g/mol. The summed E-state index contributed by atoms with van der Waals surface area (Å²) in [7, 11) is 0. The third-order valence-corrected chi connectivity index (χ3v) is 4.02. The van der Waals surface area contributed by atoms with Crippen LogP contribution in [0.3, 0.4) is 0 Å². The molecule has 1 heterocycles. The summed E-state index contributed by atoms with van der Waals surface area (Å²) >= 11 is 3.21. The highest BCUT2D eigenvalue weighted by Gasteiger charge is 2.48. The summed E-state index contributed by atoms with van der Waals surface area (Å²) in [5.74, 6) is -0.491. The van der Waals surface area contributed by atoms with Crippen LogP contribution >= 0.6 is 15.9 Å². The minimum atomic E-state index is -0.566. The molecule has 0 unspecified atom stereocenters. The predicted octanol–water partition coefficient (Wildman–Crippen LogP) is 2.23. The van der Waals surface area contributed by atoms with Gasteiger partial charge in [0.2, 0.25) is 5.91 Å². The number of carbonyl (C=O) groups is 1. The smallest absolute Gasteiger partial charge is 0.243 e. The van der Waals surface area contributed by atoms with Crippen molar-refractivity contribution in [3.63, 3.8) is 0 Å². The fourth-order valence-electron chi connectivity index (χ4n) is 2.44. The van der Waals surface area contributed by atoms with Gasteiger partial charge in [-0.2, -0.15) is 0 Å². The van der Waals surface area contributed by atoms with Gasteiger partial charge >= 0.3 is 0 Å². The average Bonchev–Trinajstić information content (AvgIpc) is 2.56. The molecule has 0 bridgehead atoms. The molecule has 1 saturated carbocycles.